The van der Waals surface area contributed by atoms with E-state index in [0.29, 0.717) is 18.2 Å². The molecule has 162 valence electrons. The molecule has 1 N–H and O–H groups in total. The molecule has 0 aliphatic rings. The summed E-state index contributed by atoms with van der Waals surface area (Å²) in [4.78, 5) is 12.1. The predicted octanol–water partition coefficient (Wildman–Crippen LogP) is 6.92. The number of hydrogen-bond donors (Lipinski definition) is 1. The van der Waals surface area contributed by atoms with Crippen LogP contribution in [0.3, 0.4) is 0 Å². The van der Waals surface area contributed by atoms with Crippen LogP contribution in [0.25, 0.3) is 11.1 Å². The fourth-order valence-electron chi connectivity index (χ4n) is 2.85. The number of alkyl halides is 6. The van der Waals surface area contributed by atoms with Gasteiger partial charge in [0.25, 0.3) is 5.91 Å². The number of hydrogen-bond acceptors (Lipinski definition) is 1. The molecule has 0 bridgehead atoms. The highest BCUT2D eigenvalue weighted by Gasteiger charge is 2.37. The summed E-state index contributed by atoms with van der Waals surface area (Å²) in [5, 5.41) is 2.18. The van der Waals surface area contributed by atoms with Gasteiger partial charge in [0.1, 0.15) is 17.2 Å². The highest BCUT2D eigenvalue weighted by molar-refractivity contribution is 6.04. The van der Waals surface area contributed by atoms with Gasteiger partial charge in [-0.25, -0.2) is 8.78 Å². The molecule has 0 aliphatic carbocycles. The summed E-state index contributed by atoms with van der Waals surface area (Å²) in [7, 11) is 0. The fraction of sp³-hybridized carbons (Fsp3) is 0.0952. The number of halogens is 8. The smallest absolute Gasteiger partial charge is 0.322 e. The largest absolute Gasteiger partial charge is 0.417 e. The molecule has 10 heteroatoms. The van der Waals surface area contributed by atoms with Crippen LogP contribution in [-0.2, 0) is 12.4 Å². The lowest BCUT2D eigenvalue weighted by atomic mass is 9.96. The van der Waals surface area contributed by atoms with Crippen molar-refractivity contribution in [1.29, 1.82) is 0 Å². The van der Waals surface area contributed by atoms with Crippen LogP contribution in [-0.4, -0.2) is 5.91 Å². The Balaban J connectivity index is 1.95. The lowest BCUT2D eigenvalue weighted by Gasteiger charge is -2.16. The predicted molar refractivity (Wildman–Crippen MR) is 96.2 cm³/mol. The van der Waals surface area contributed by atoms with Gasteiger partial charge >= 0.3 is 12.4 Å². The number of nitrogens with one attached hydrogen (secondary N) is 1. The summed E-state index contributed by atoms with van der Waals surface area (Å²) in [6, 6.07) is 8.17. The second-order valence-electron chi connectivity index (χ2n) is 6.38. The average Bonchev–Trinajstić information content (AvgIpc) is 2.66. The zero-order chi connectivity index (χ0) is 23.0. The van der Waals surface area contributed by atoms with Gasteiger partial charge in [-0.1, -0.05) is 18.2 Å². The topological polar surface area (TPSA) is 29.1 Å². The van der Waals surface area contributed by atoms with Crippen LogP contribution in [0.5, 0.6) is 0 Å². The van der Waals surface area contributed by atoms with Crippen LogP contribution in [0.15, 0.2) is 60.7 Å². The molecular formula is C21H11F8NO. The standard InChI is InChI=1S/C21H11F8NO/c22-16-2-1-3-17(23)18(16)19(31)30-13-7-4-11(5-8-13)14-10-12(20(24,25)26)6-9-15(14)21(27,28)29/h1-10H,(H,30,31). The molecule has 3 aromatic carbocycles. The molecular weight excluding hydrogens is 434 g/mol. The zero-order valence-electron chi connectivity index (χ0n) is 15.2. The Bertz CT molecular complexity index is 1100. The third kappa shape index (κ3) is 4.84. The van der Waals surface area contributed by atoms with E-state index in [0.717, 1.165) is 42.5 Å². The molecule has 0 aliphatic heterocycles. The molecule has 0 radical (unpaired) electrons. The minimum Gasteiger partial charge on any atom is -0.322 e. The lowest BCUT2D eigenvalue weighted by molar-refractivity contribution is -0.141. The molecule has 2 nitrogen and oxygen atoms in total. The molecule has 1 amide bonds. The van der Waals surface area contributed by atoms with Crippen molar-refractivity contribution in [2.75, 3.05) is 5.32 Å². The van der Waals surface area contributed by atoms with Gasteiger partial charge in [0.15, 0.2) is 0 Å². The molecule has 0 spiro atoms. The van der Waals surface area contributed by atoms with Gasteiger partial charge in [0.05, 0.1) is 11.1 Å². The average molecular weight is 445 g/mol. The van der Waals surface area contributed by atoms with Crippen molar-refractivity contribution in [1.82, 2.24) is 0 Å². The van der Waals surface area contributed by atoms with Gasteiger partial charge in [-0.2, -0.15) is 26.3 Å². The Morgan fingerprint density at radius 3 is 1.84 bits per heavy atom. The van der Waals surface area contributed by atoms with Crippen LogP contribution in [0.2, 0.25) is 0 Å². The van der Waals surface area contributed by atoms with E-state index in [1.165, 1.54) is 0 Å². The molecule has 3 aromatic rings. The van der Waals surface area contributed by atoms with E-state index in [1.807, 2.05) is 0 Å². The van der Waals surface area contributed by atoms with Crippen LogP contribution in [0.4, 0.5) is 40.8 Å². The first-order valence-corrected chi connectivity index (χ1v) is 8.52. The van der Waals surface area contributed by atoms with Gasteiger partial charge in [0, 0.05) is 5.69 Å². The zero-order valence-corrected chi connectivity index (χ0v) is 15.2. The summed E-state index contributed by atoms with van der Waals surface area (Å²) < 4.78 is 106. The third-order valence-corrected chi connectivity index (χ3v) is 4.30. The maximum Gasteiger partial charge on any atom is 0.417 e. The monoisotopic (exact) mass is 445 g/mol. The van der Waals surface area contributed by atoms with Gasteiger partial charge in [0.2, 0.25) is 0 Å². The quantitative estimate of drug-likeness (QED) is 0.436. The maximum atomic E-state index is 13.7. The van der Waals surface area contributed by atoms with E-state index in [9.17, 15) is 39.9 Å². The van der Waals surface area contributed by atoms with Crippen LogP contribution in [0.1, 0.15) is 21.5 Å². The summed E-state index contributed by atoms with van der Waals surface area (Å²) in [5.41, 5.74) is -4.33. The van der Waals surface area contributed by atoms with Crippen molar-refractivity contribution >= 4 is 11.6 Å². The van der Waals surface area contributed by atoms with Crippen molar-refractivity contribution in [2.45, 2.75) is 12.4 Å². The molecule has 0 saturated carbocycles. The second kappa shape index (κ2) is 8.01. The number of carbonyl (C=O) groups excluding carboxylic acids is 1. The SMILES string of the molecule is O=C(Nc1ccc(-c2cc(C(F)(F)F)ccc2C(F)(F)F)cc1)c1c(F)cccc1F. The van der Waals surface area contributed by atoms with E-state index in [2.05, 4.69) is 5.32 Å². The molecule has 0 saturated heterocycles. The van der Waals surface area contributed by atoms with E-state index in [4.69, 9.17) is 0 Å². The summed E-state index contributed by atoms with van der Waals surface area (Å²) in [6.45, 7) is 0. The first-order valence-electron chi connectivity index (χ1n) is 8.52. The normalized spacial score (nSPS) is 12.0. The van der Waals surface area contributed by atoms with Gasteiger partial charge < -0.3 is 5.32 Å². The minimum absolute atomic E-state index is 0.0306. The number of carbonyl (C=O) groups is 1. The fourth-order valence-corrected chi connectivity index (χ4v) is 2.85. The highest BCUT2D eigenvalue weighted by atomic mass is 19.4. The van der Waals surface area contributed by atoms with Crippen molar-refractivity contribution in [3.8, 4) is 11.1 Å². The molecule has 0 heterocycles. The number of rotatable bonds is 3. The second-order valence-corrected chi connectivity index (χ2v) is 6.38. The van der Waals surface area contributed by atoms with E-state index < -0.39 is 52.1 Å². The van der Waals surface area contributed by atoms with Crippen molar-refractivity contribution in [3.63, 3.8) is 0 Å². The van der Waals surface area contributed by atoms with Crippen LogP contribution in [0, 0.1) is 11.6 Å². The molecule has 0 fully saturated rings. The Morgan fingerprint density at radius 1 is 0.742 bits per heavy atom. The van der Waals surface area contributed by atoms with Crippen molar-refractivity contribution in [3.05, 3.63) is 89.0 Å². The van der Waals surface area contributed by atoms with Crippen LogP contribution < -0.4 is 5.32 Å². The Morgan fingerprint density at radius 2 is 1.32 bits per heavy atom. The maximum absolute atomic E-state index is 13.7. The Kier molecular flexibility index (Phi) is 5.75. The molecule has 0 aromatic heterocycles. The van der Waals surface area contributed by atoms with E-state index in [1.54, 1.807) is 0 Å². The van der Waals surface area contributed by atoms with E-state index >= 15 is 0 Å². The Hall–Kier alpha value is -3.43. The lowest BCUT2D eigenvalue weighted by Crippen LogP contribution is -2.15. The first-order chi connectivity index (χ1) is 14.4. The third-order valence-electron chi connectivity index (χ3n) is 4.30. The molecule has 0 unspecified atom stereocenters. The number of anilines is 1. The minimum atomic E-state index is -4.91. The van der Waals surface area contributed by atoms with Crippen LogP contribution >= 0.6 is 0 Å². The molecule has 31 heavy (non-hydrogen) atoms. The summed E-state index contributed by atoms with van der Waals surface area (Å²) in [6.07, 6.45) is -9.76. The molecule has 3 rings (SSSR count). The van der Waals surface area contributed by atoms with Crippen molar-refractivity contribution < 1.29 is 39.9 Å². The highest BCUT2D eigenvalue weighted by Crippen LogP contribution is 2.40. The summed E-state index contributed by atoms with van der Waals surface area (Å²) >= 11 is 0. The van der Waals surface area contributed by atoms with E-state index in [-0.39, 0.29) is 11.3 Å². The van der Waals surface area contributed by atoms with Gasteiger partial charge in [-0.3, -0.25) is 4.79 Å². The van der Waals surface area contributed by atoms with Gasteiger partial charge in [-0.15, -0.1) is 0 Å². The Labute approximate surface area is 170 Å². The molecule has 0 atom stereocenters. The van der Waals surface area contributed by atoms with Crippen molar-refractivity contribution in [2.24, 2.45) is 0 Å². The van der Waals surface area contributed by atoms with Gasteiger partial charge in [-0.05, 0) is 53.6 Å². The number of benzene rings is 3. The summed E-state index contributed by atoms with van der Waals surface area (Å²) in [5.74, 6) is -3.38. The number of amides is 1. The first kappa shape index (κ1) is 22.3.